The number of hydrogen-bond donors (Lipinski definition) is 0. The molecule has 2 aromatic carbocycles. The van der Waals surface area contributed by atoms with Crippen molar-refractivity contribution in [1.29, 1.82) is 0 Å². The molecule has 0 aromatic heterocycles. The fourth-order valence-corrected chi connectivity index (χ4v) is 2.82. The molecule has 8 heteroatoms. The second-order valence-electron chi connectivity index (χ2n) is 7.37. The Labute approximate surface area is 209 Å². The van der Waals surface area contributed by atoms with Gasteiger partial charge in [0.2, 0.25) is 0 Å². The number of benzene rings is 2. The van der Waals surface area contributed by atoms with Gasteiger partial charge in [-0.25, -0.2) is 0 Å². The Kier molecular flexibility index (Phi) is 18.7. The molecule has 0 bridgehead atoms. The van der Waals surface area contributed by atoms with E-state index in [2.05, 4.69) is 0 Å². The Morgan fingerprint density at radius 3 is 1.11 bits per heavy atom. The molecule has 0 saturated carbocycles. The van der Waals surface area contributed by atoms with Gasteiger partial charge in [0.1, 0.15) is 12.4 Å². The van der Waals surface area contributed by atoms with Gasteiger partial charge in [0, 0.05) is 0 Å². The first-order valence-electron chi connectivity index (χ1n) is 12.2. The number of para-hydroxylation sites is 1. The van der Waals surface area contributed by atoms with Crippen molar-refractivity contribution >= 4 is 0 Å². The molecular weight excluding hydrogens is 452 g/mol. The highest BCUT2D eigenvalue weighted by Gasteiger charge is 1.96. The summed E-state index contributed by atoms with van der Waals surface area (Å²) in [7, 11) is 0. The summed E-state index contributed by atoms with van der Waals surface area (Å²) in [6.45, 7) is 8.15. The maximum absolute atomic E-state index is 5.55. The van der Waals surface area contributed by atoms with Crippen molar-refractivity contribution in [3.63, 3.8) is 0 Å². The molecule has 2 aromatic rings. The van der Waals surface area contributed by atoms with E-state index in [-0.39, 0.29) is 0 Å². The molecule has 0 amide bonds. The molecule has 0 fully saturated rings. The van der Waals surface area contributed by atoms with Gasteiger partial charge in [-0.15, -0.1) is 0 Å². The van der Waals surface area contributed by atoms with E-state index in [9.17, 15) is 0 Å². The van der Waals surface area contributed by atoms with Gasteiger partial charge < -0.3 is 37.9 Å². The van der Waals surface area contributed by atoms with Crippen molar-refractivity contribution in [1.82, 2.24) is 0 Å². The third kappa shape index (κ3) is 18.0. The van der Waals surface area contributed by atoms with E-state index in [1.165, 1.54) is 0 Å². The van der Waals surface area contributed by atoms with E-state index in [1.807, 2.05) is 60.7 Å². The topological polar surface area (TPSA) is 73.8 Å². The van der Waals surface area contributed by atoms with Crippen molar-refractivity contribution in [3.05, 3.63) is 66.2 Å². The first-order valence-corrected chi connectivity index (χ1v) is 12.2. The zero-order valence-corrected chi connectivity index (χ0v) is 20.6. The highest BCUT2D eigenvalue weighted by atomic mass is 16.6. The smallest absolute Gasteiger partial charge is 0.119 e. The molecule has 0 aliphatic carbocycles. The minimum atomic E-state index is 0.525. The lowest BCUT2D eigenvalue weighted by atomic mass is 10.2. The average molecular weight is 493 g/mol. The predicted octanol–water partition coefficient (Wildman–Crippen LogP) is 3.38. The summed E-state index contributed by atoms with van der Waals surface area (Å²) in [4.78, 5) is 0. The quantitative estimate of drug-likeness (QED) is 0.207. The number of rotatable bonds is 24. The highest BCUT2D eigenvalue weighted by Crippen LogP contribution is 2.07. The Bertz CT molecular complexity index is 627. The second kappa shape index (κ2) is 22.4. The second-order valence-corrected chi connectivity index (χ2v) is 7.37. The van der Waals surface area contributed by atoms with Crippen LogP contribution < -0.4 is 4.74 Å². The zero-order chi connectivity index (χ0) is 24.5. The van der Waals surface area contributed by atoms with Crippen LogP contribution in [0.1, 0.15) is 5.56 Å². The van der Waals surface area contributed by atoms with Crippen LogP contribution in [0.5, 0.6) is 5.75 Å². The van der Waals surface area contributed by atoms with Gasteiger partial charge in [-0.05, 0) is 17.7 Å². The van der Waals surface area contributed by atoms with E-state index < -0.39 is 0 Å². The molecule has 2 rings (SSSR count). The maximum atomic E-state index is 5.55. The molecule has 0 aliphatic rings. The van der Waals surface area contributed by atoms with Crippen molar-refractivity contribution in [2.45, 2.75) is 6.61 Å². The lowest BCUT2D eigenvalue weighted by molar-refractivity contribution is -0.0218. The molecular formula is C27H40O8. The molecule has 0 aliphatic heterocycles. The Balaban J connectivity index is 1.18. The van der Waals surface area contributed by atoms with E-state index >= 15 is 0 Å². The van der Waals surface area contributed by atoms with Crippen molar-refractivity contribution in [2.24, 2.45) is 0 Å². The van der Waals surface area contributed by atoms with Crippen LogP contribution in [0, 0.1) is 0 Å². The van der Waals surface area contributed by atoms with Crippen LogP contribution in [0.4, 0.5) is 0 Å². The first kappa shape index (κ1) is 29.2. The molecule has 0 radical (unpaired) electrons. The summed E-state index contributed by atoms with van der Waals surface area (Å²) in [5.41, 5.74) is 1.16. The third-order valence-electron chi connectivity index (χ3n) is 4.58. The Hall–Kier alpha value is -2.04. The normalized spacial score (nSPS) is 11.1. The zero-order valence-electron chi connectivity index (χ0n) is 20.6. The van der Waals surface area contributed by atoms with Crippen LogP contribution in [-0.4, -0.2) is 92.5 Å². The molecule has 196 valence electrons. The summed E-state index contributed by atoms with van der Waals surface area (Å²) in [6.07, 6.45) is 0. The molecule has 35 heavy (non-hydrogen) atoms. The van der Waals surface area contributed by atoms with Crippen molar-refractivity contribution in [2.75, 3.05) is 92.5 Å². The fraction of sp³-hybridized carbons (Fsp3) is 0.556. The van der Waals surface area contributed by atoms with Gasteiger partial charge in [0.05, 0.1) is 92.5 Å². The van der Waals surface area contributed by atoms with E-state index in [0.29, 0.717) is 99.1 Å². The summed E-state index contributed by atoms with van der Waals surface area (Å²) < 4.78 is 43.9. The molecule has 0 unspecified atom stereocenters. The minimum absolute atomic E-state index is 0.525. The van der Waals surface area contributed by atoms with Gasteiger partial charge in [0.25, 0.3) is 0 Å². The standard InChI is InChI=1S/C27H40O8/c1-3-7-26(8-4-1)25-34-22-21-32-18-17-30-14-13-28-11-12-29-15-16-31-19-20-33-23-24-35-27-9-5-2-6-10-27/h1-10H,11-25H2. The monoisotopic (exact) mass is 492 g/mol. The van der Waals surface area contributed by atoms with Crippen LogP contribution in [-0.2, 0) is 39.8 Å². The van der Waals surface area contributed by atoms with Gasteiger partial charge in [-0.3, -0.25) is 0 Å². The summed E-state index contributed by atoms with van der Waals surface area (Å²) in [6, 6.07) is 19.8. The lowest BCUT2D eigenvalue weighted by Gasteiger charge is -2.09. The van der Waals surface area contributed by atoms with Crippen LogP contribution in [0.2, 0.25) is 0 Å². The van der Waals surface area contributed by atoms with Gasteiger partial charge >= 0.3 is 0 Å². The van der Waals surface area contributed by atoms with Gasteiger partial charge in [-0.1, -0.05) is 48.5 Å². The van der Waals surface area contributed by atoms with E-state index in [1.54, 1.807) is 0 Å². The van der Waals surface area contributed by atoms with Crippen molar-refractivity contribution < 1.29 is 37.9 Å². The van der Waals surface area contributed by atoms with E-state index in [0.717, 1.165) is 11.3 Å². The first-order chi connectivity index (χ1) is 17.4. The molecule has 8 nitrogen and oxygen atoms in total. The Morgan fingerprint density at radius 1 is 0.343 bits per heavy atom. The highest BCUT2D eigenvalue weighted by molar-refractivity contribution is 5.20. The Morgan fingerprint density at radius 2 is 0.686 bits per heavy atom. The maximum Gasteiger partial charge on any atom is 0.119 e. The summed E-state index contributed by atoms with van der Waals surface area (Å²) in [5, 5.41) is 0. The molecule has 0 atom stereocenters. The van der Waals surface area contributed by atoms with Crippen LogP contribution in [0.3, 0.4) is 0 Å². The lowest BCUT2D eigenvalue weighted by Crippen LogP contribution is -2.15. The molecule has 0 heterocycles. The molecule has 0 N–H and O–H groups in total. The van der Waals surface area contributed by atoms with Crippen LogP contribution >= 0.6 is 0 Å². The van der Waals surface area contributed by atoms with E-state index in [4.69, 9.17) is 37.9 Å². The van der Waals surface area contributed by atoms with Crippen molar-refractivity contribution in [3.8, 4) is 5.75 Å². The van der Waals surface area contributed by atoms with Crippen LogP contribution in [0.25, 0.3) is 0 Å². The average Bonchev–Trinajstić information content (AvgIpc) is 2.90. The summed E-state index contributed by atoms with van der Waals surface area (Å²) >= 11 is 0. The SMILES string of the molecule is c1ccc(COCCOCCOCCOCCOCCOCCOCCOc2ccccc2)cc1. The third-order valence-corrected chi connectivity index (χ3v) is 4.58. The fourth-order valence-electron chi connectivity index (χ4n) is 2.82. The van der Waals surface area contributed by atoms with Crippen LogP contribution in [0.15, 0.2) is 60.7 Å². The van der Waals surface area contributed by atoms with Gasteiger partial charge in [-0.2, -0.15) is 0 Å². The number of hydrogen-bond acceptors (Lipinski definition) is 8. The molecule has 0 saturated heterocycles. The van der Waals surface area contributed by atoms with Gasteiger partial charge in [0.15, 0.2) is 0 Å². The number of ether oxygens (including phenoxy) is 8. The minimum Gasteiger partial charge on any atom is -0.491 e. The summed E-state index contributed by atoms with van der Waals surface area (Å²) in [5.74, 6) is 0.850. The predicted molar refractivity (Wildman–Crippen MR) is 133 cm³/mol. The largest absolute Gasteiger partial charge is 0.491 e. The molecule has 0 spiro atoms.